The van der Waals surface area contributed by atoms with Crippen molar-refractivity contribution < 1.29 is 4.79 Å². The van der Waals surface area contributed by atoms with Crippen LogP contribution in [0.15, 0.2) is 48.5 Å². The molecule has 2 aliphatic heterocycles. The van der Waals surface area contributed by atoms with Crippen LogP contribution in [0.2, 0.25) is 0 Å². The Bertz CT molecular complexity index is 1060. The molecule has 0 bridgehead atoms. The predicted molar refractivity (Wildman–Crippen MR) is 153 cm³/mol. The molecular weight excluding hydrogens is 454 g/mol. The third kappa shape index (κ3) is 5.52. The molecule has 2 saturated heterocycles. The van der Waals surface area contributed by atoms with E-state index in [2.05, 4.69) is 91.6 Å². The second kappa shape index (κ2) is 11.3. The highest BCUT2D eigenvalue weighted by Gasteiger charge is 2.49. The number of nitrogens with one attached hydrogen (secondary N) is 1. The minimum atomic E-state index is -0.191. The molecule has 1 N–H and O–H groups in total. The largest absolute Gasteiger partial charge is 0.339 e. The van der Waals surface area contributed by atoms with Crippen LogP contribution in [0.5, 0.6) is 0 Å². The van der Waals surface area contributed by atoms with E-state index < -0.39 is 0 Å². The van der Waals surface area contributed by atoms with Crippen LogP contribution in [-0.2, 0) is 16.8 Å². The minimum Gasteiger partial charge on any atom is -0.339 e. The molecule has 200 valence electrons. The highest BCUT2D eigenvalue weighted by Crippen LogP contribution is 2.43. The van der Waals surface area contributed by atoms with Crippen LogP contribution in [0.1, 0.15) is 80.0 Å². The first-order valence-corrected chi connectivity index (χ1v) is 14.7. The summed E-state index contributed by atoms with van der Waals surface area (Å²) in [7, 11) is 4.27. The van der Waals surface area contributed by atoms with Gasteiger partial charge in [0.1, 0.15) is 0 Å². The van der Waals surface area contributed by atoms with Gasteiger partial charge in [0.2, 0.25) is 5.91 Å². The molecule has 4 atom stereocenters. The first kappa shape index (κ1) is 26.4. The number of rotatable bonds is 6. The van der Waals surface area contributed by atoms with Crippen molar-refractivity contribution in [3.05, 3.63) is 70.8 Å². The average molecular weight is 502 g/mol. The van der Waals surface area contributed by atoms with E-state index >= 15 is 0 Å². The number of carbonyl (C=O) groups excluding carboxylic acids is 1. The summed E-state index contributed by atoms with van der Waals surface area (Å²) in [6, 6.07) is 18.3. The quantitative estimate of drug-likeness (QED) is 0.536. The Labute approximate surface area is 224 Å². The van der Waals surface area contributed by atoms with E-state index in [-0.39, 0.29) is 11.3 Å². The summed E-state index contributed by atoms with van der Waals surface area (Å²) >= 11 is 0. The van der Waals surface area contributed by atoms with Gasteiger partial charge >= 0.3 is 0 Å². The molecule has 37 heavy (non-hydrogen) atoms. The van der Waals surface area contributed by atoms with Gasteiger partial charge in [0.25, 0.3) is 0 Å². The summed E-state index contributed by atoms with van der Waals surface area (Å²) in [5.74, 6) is 1.59. The maximum Gasteiger partial charge on any atom is 0.228 e. The Balaban J connectivity index is 1.44. The van der Waals surface area contributed by atoms with E-state index in [1.54, 1.807) is 0 Å². The van der Waals surface area contributed by atoms with Crippen molar-refractivity contribution in [3.63, 3.8) is 0 Å². The fourth-order valence-corrected chi connectivity index (χ4v) is 7.68. The first-order chi connectivity index (χ1) is 17.9. The molecule has 0 aromatic heterocycles. The topological polar surface area (TPSA) is 35.6 Å². The molecule has 0 spiro atoms. The lowest BCUT2D eigenvalue weighted by Gasteiger charge is -2.47. The zero-order valence-corrected chi connectivity index (χ0v) is 23.5. The summed E-state index contributed by atoms with van der Waals surface area (Å²) in [6.45, 7) is 7.95. The molecule has 4 heteroatoms. The van der Waals surface area contributed by atoms with Crippen molar-refractivity contribution in [1.82, 2.24) is 15.1 Å². The monoisotopic (exact) mass is 501 g/mol. The van der Waals surface area contributed by atoms with Crippen LogP contribution in [-0.4, -0.2) is 55.5 Å². The van der Waals surface area contributed by atoms with Crippen LogP contribution < -0.4 is 5.32 Å². The SMILES string of the molecule is Cc1ccc(C2(C)CNCC2C(=O)N2CCC(c3ccccc3)CC2C2CCCCC2)c(CN(C)C)c1. The van der Waals surface area contributed by atoms with E-state index in [1.165, 1.54) is 54.4 Å². The number of benzene rings is 2. The molecule has 4 unspecified atom stereocenters. The molecule has 0 radical (unpaired) electrons. The Kier molecular flexibility index (Phi) is 8.07. The Hall–Kier alpha value is -2.17. The summed E-state index contributed by atoms with van der Waals surface area (Å²) in [6.07, 6.45) is 8.74. The second-order valence-corrected chi connectivity index (χ2v) is 12.6. The normalized spacial score (nSPS) is 29.1. The number of amides is 1. The minimum absolute atomic E-state index is 0.0181. The molecule has 2 aromatic carbocycles. The summed E-state index contributed by atoms with van der Waals surface area (Å²) in [5.41, 5.74) is 5.27. The number of aryl methyl sites for hydroxylation is 1. The van der Waals surface area contributed by atoms with Gasteiger partial charge in [-0.3, -0.25) is 4.79 Å². The second-order valence-electron chi connectivity index (χ2n) is 12.6. The molecule has 2 aromatic rings. The molecule has 5 rings (SSSR count). The van der Waals surface area contributed by atoms with Crippen molar-refractivity contribution in [2.45, 2.75) is 82.7 Å². The number of likely N-dealkylation sites (tertiary alicyclic amines) is 1. The Morgan fingerprint density at radius 1 is 1.05 bits per heavy atom. The fraction of sp³-hybridized carbons (Fsp3) is 0.606. The summed E-state index contributed by atoms with van der Waals surface area (Å²) < 4.78 is 0. The zero-order valence-electron chi connectivity index (χ0n) is 23.5. The predicted octanol–water partition coefficient (Wildman–Crippen LogP) is 5.89. The first-order valence-electron chi connectivity index (χ1n) is 14.7. The number of piperidine rings is 1. The van der Waals surface area contributed by atoms with Crippen LogP contribution in [0, 0.1) is 18.8 Å². The van der Waals surface area contributed by atoms with Crippen LogP contribution >= 0.6 is 0 Å². The van der Waals surface area contributed by atoms with Crippen molar-refractivity contribution in [2.75, 3.05) is 33.7 Å². The summed E-state index contributed by atoms with van der Waals surface area (Å²) in [4.78, 5) is 19.2. The molecule has 3 fully saturated rings. The maximum absolute atomic E-state index is 14.6. The Morgan fingerprint density at radius 2 is 1.81 bits per heavy atom. The fourth-order valence-electron chi connectivity index (χ4n) is 7.68. The van der Waals surface area contributed by atoms with Crippen LogP contribution in [0.25, 0.3) is 0 Å². The lowest BCUT2D eigenvalue weighted by Crippen LogP contribution is -2.54. The average Bonchev–Trinajstić information content (AvgIpc) is 3.30. The van der Waals surface area contributed by atoms with Gasteiger partial charge in [-0.05, 0) is 75.2 Å². The standard InChI is InChI=1S/C33H47N3O/c1-24-15-16-29(28(19-24)22-35(3)4)33(2)23-34-21-30(33)32(37)36-18-17-27(25-11-7-5-8-12-25)20-31(36)26-13-9-6-10-14-26/h5,7-8,11-12,15-16,19,26-27,30-31,34H,6,9-10,13-14,17-18,20-23H2,1-4H3. The van der Waals surface area contributed by atoms with E-state index in [0.29, 0.717) is 23.8 Å². The molecular formula is C33H47N3O. The third-order valence-electron chi connectivity index (χ3n) is 9.66. The van der Waals surface area contributed by atoms with Crippen molar-refractivity contribution in [1.29, 1.82) is 0 Å². The van der Waals surface area contributed by atoms with Crippen LogP contribution in [0.3, 0.4) is 0 Å². The lowest BCUT2D eigenvalue weighted by atomic mass is 9.70. The van der Waals surface area contributed by atoms with Gasteiger partial charge in [0.05, 0.1) is 5.92 Å². The van der Waals surface area contributed by atoms with E-state index in [1.807, 2.05) is 0 Å². The van der Waals surface area contributed by atoms with Gasteiger partial charge in [-0.2, -0.15) is 0 Å². The number of hydrogen-bond acceptors (Lipinski definition) is 3. The maximum atomic E-state index is 14.6. The lowest BCUT2D eigenvalue weighted by molar-refractivity contribution is -0.142. The number of carbonyl (C=O) groups is 1. The highest BCUT2D eigenvalue weighted by atomic mass is 16.2. The Morgan fingerprint density at radius 3 is 2.54 bits per heavy atom. The van der Waals surface area contributed by atoms with E-state index in [0.717, 1.165) is 39.0 Å². The van der Waals surface area contributed by atoms with Crippen molar-refractivity contribution in [3.8, 4) is 0 Å². The van der Waals surface area contributed by atoms with E-state index in [9.17, 15) is 4.79 Å². The van der Waals surface area contributed by atoms with Crippen molar-refractivity contribution in [2.24, 2.45) is 11.8 Å². The molecule has 1 saturated carbocycles. The molecule has 3 aliphatic rings. The molecule has 2 heterocycles. The van der Waals surface area contributed by atoms with Gasteiger partial charge in [-0.25, -0.2) is 0 Å². The van der Waals surface area contributed by atoms with Gasteiger partial charge in [0.15, 0.2) is 0 Å². The van der Waals surface area contributed by atoms with Gasteiger partial charge in [-0.15, -0.1) is 0 Å². The van der Waals surface area contributed by atoms with Crippen molar-refractivity contribution >= 4 is 5.91 Å². The molecule has 1 aliphatic carbocycles. The van der Waals surface area contributed by atoms with Gasteiger partial charge in [0, 0.05) is 37.6 Å². The number of hydrogen-bond donors (Lipinski definition) is 1. The van der Waals surface area contributed by atoms with E-state index in [4.69, 9.17) is 0 Å². The van der Waals surface area contributed by atoms with Gasteiger partial charge < -0.3 is 15.1 Å². The van der Waals surface area contributed by atoms with Gasteiger partial charge in [-0.1, -0.05) is 80.3 Å². The van der Waals surface area contributed by atoms with Crippen LogP contribution in [0.4, 0.5) is 0 Å². The molecule has 1 amide bonds. The highest BCUT2D eigenvalue weighted by molar-refractivity contribution is 5.82. The smallest absolute Gasteiger partial charge is 0.228 e. The summed E-state index contributed by atoms with van der Waals surface area (Å²) in [5, 5.41) is 3.64. The zero-order chi connectivity index (χ0) is 26.0. The molecule has 4 nitrogen and oxygen atoms in total. The number of nitrogens with zero attached hydrogens (tertiary/aromatic N) is 2. The third-order valence-corrected chi connectivity index (χ3v) is 9.66.